The Morgan fingerprint density at radius 2 is 1.65 bits per heavy atom. The van der Waals surface area contributed by atoms with Gasteiger partial charge >= 0.3 is 24.3 Å². The van der Waals surface area contributed by atoms with E-state index in [9.17, 15) is 35.9 Å². The lowest BCUT2D eigenvalue weighted by Crippen LogP contribution is -2.51. The average Bonchev–Trinajstić information content (AvgIpc) is 2.34. The quantitative estimate of drug-likeness (QED) is 0.538. The molecule has 5 nitrogen and oxygen atoms in total. The fraction of sp³-hybridized carbons (Fsp3) is 0.333. The van der Waals surface area contributed by atoms with Gasteiger partial charge in [0.2, 0.25) is 0 Å². The number of hydrogen-bond acceptors (Lipinski definition) is 3. The number of alkyl halides is 6. The van der Waals surface area contributed by atoms with Crippen LogP contribution in [0.4, 0.5) is 26.3 Å². The molecule has 0 aromatic rings. The second-order valence-electron chi connectivity index (χ2n) is 4.36. The number of halogens is 6. The minimum atomic E-state index is -5.45. The SMILES string of the molecule is C=CCC1=C(C(=O)O)C(C(F)(F)F)NC(C(F)(F)F)=C1C(=O)O. The van der Waals surface area contributed by atoms with Gasteiger partial charge in [0.15, 0.2) is 6.04 Å². The first-order valence-electron chi connectivity index (χ1n) is 5.78. The highest BCUT2D eigenvalue weighted by molar-refractivity contribution is 6.00. The van der Waals surface area contributed by atoms with E-state index in [1.807, 2.05) is 0 Å². The number of carbonyl (C=O) groups is 2. The van der Waals surface area contributed by atoms with Crippen LogP contribution in [-0.4, -0.2) is 40.5 Å². The molecule has 0 aromatic carbocycles. The molecule has 1 heterocycles. The van der Waals surface area contributed by atoms with Crippen molar-refractivity contribution in [3.05, 3.63) is 35.1 Å². The summed E-state index contributed by atoms with van der Waals surface area (Å²) in [4.78, 5) is 22.2. The molecule has 1 rings (SSSR count). The average molecular weight is 345 g/mol. The molecule has 0 aliphatic carbocycles. The number of rotatable bonds is 4. The molecule has 0 aromatic heterocycles. The van der Waals surface area contributed by atoms with Crippen molar-refractivity contribution in [2.45, 2.75) is 24.8 Å². The molecule has 1 atom stereocenters. The maximum atomic E-state index is 12.9. The summed E-state index contributed by atoms with van der Waals surface area (Å²) >= 11 is 0. The molecule has 128 valence electrons. The fourth-order valence-electron chi connectivity index (χ4n) is 2.06. The van der Waals surface area contributed by atoms with E-state index in [1.54, 1.807) is 0 Å². The van der Waals surface area contributed by atoms with E-state index in [2.05, 4.69) is 6.58 Å². The summed E-state index contributed by atoms with van der Waals surface area (Å²) in [5, 5.41) is 18.8. The third kappa shape index (κ3) is 3.66. The zero-order valence-electron chi connectivity index (χ0n) is 11.0. The number of carboxylic acid groups (broad SMARTS) is 2. The van der Waals surface area contributed by atoms with Gasteiger partial charge in [0.25, 0.3) is 0 Å². The van der Waals surface area contributed by atoms with Gasteiger partial charge < -0.3 is 15.5 Å². The number of nitrogens with one attached hydrogen (secondary N) is 1. The molecule has 23 heavy (non-hydrogen) atoms. The van der Waals surface area contributed by atoms with E-state index >= 15 is 0 Å². The Kier molecular flexibility index (Phi) is 4.83. The van der Waals surface area contributed by atoms with Crippen molar-refractivity contribution in [2.24, 2.45) is 0 Å². The van der Waals surface area contributed by atoms with Crippen LogP contribution in [0.2, 0.25) is 0 Å². The van der Waals surface area contributed by atoms with Crippen molar-refractivity contribution in [2.75, 3.05) is 0 Å². The number of aliphatic carboxylic acids is 2. The zero-order chi connectivity index (χ0) is 18.2. The smallest absolute Gasteiger partial charge is 0.431 e. The molecule has 0 radical (unpaired) electrons. The van der Waals surface area contributed by atoms with Crippen molar-refractivity contribution in [1.29, 1.82) is 0 Å². The number of allylic oxidation sites excluding steroid dienone is 2. The molecular weight excluding hydrogens is 336 g/mol. The van der Waals surface area contributed by atoms with Gasteiger partial charge in [0, 0.05) is 0 Å². The third-order valence-electron chi connectivity index (χ3n) is 2.86. The Bertz CT molecular complexity index is 614. The third-order valence-corrected chi connectivity index (χ3v) is 2.86. The van der Waals surface area contributed by atoms with Gasteiger partial charge in [-0.15, -0.1) is 6.58 Å². The highest BCUT2D eigenvalue weighted by Crippen LogP contribution is 2.40. The summed E-state index contributed by atoms with van der Waals surface area (Å²) in [6.45, 7) is 3.09. The second kappa shape index (κ2) is 5.97. The molecule has 0 amide bonds. The maximum Gasteiger partial charge on any atom is 0.431 e. The molecule has 0 spiro atoms. The zero-order valence-corrected chi connectivity index (χ0v) is 11.0. The van der Waals surface area contributed by atoms with Crippen LogP contribution in [0.1, 0.15) is 6.42 Å². The highest BCUT2D eigenvalue weighted by atomic mass is 19.4. The summed E-state index contributed by atoms with van der Waals surface area (Å²) in [5.74, 6) is -4.39. The first-order valence-corrected chi connectivity index (χ1v) is 5.78. The van der Waals surface area contributed by atoms with Crippen molar-refractivity contribution in [1.82, 2.24) is 5.32 Å². The van der Waals surface area contributed by atoms with Gasteiger partial charge in [-0.25, -0.2) is 9.59 Å². The first-order chi connectivity index (χ1) is 10.3. The fourth-order valence-corrected chi connectivity index (χ4v) is 2.06. The van der Waals surface area contributed by atoms with Crippen LogP contribution < -0.4 is 5.32 Å². The number of carboxylic acids is 2. The predicted molar refractivity (Wildman–Crippen MR) is 63.2 cm³/mol. The van der Waals surface area contributed by atoms with Crippen LogP contribution in [0.15, 0.2) is 35.1 Å². The van der Waals surface area contributed by atoms with Gasteiger partial charge in [0.05, 0.1) is 11.1 Å². The molecule has 1 aliphatic rings. The Labute approximate surface area is 124 Å². The molecule has 0 saturated heterocycles. The molecule has 0 fully saturated rings. The van der Waals surface area contributed by atoms with Crippen LogP contribution in [0.5, 0.6) is 0 Å². The van der Waals surface area contributed by atoms with E-state index in [-0.39, 0.29) is 0 Å². The minimum Gasteiger partial charge on any atom is -0.478 e. The minimum absolute atomic E-state index is 0.795. The predicted octanol–water partition coefficient (Wildman–Crippen LogP) is 2.38. The van der Waals surface area contributed by atoms with Gasteiger partial charge in [-0.1, -0.05) is 6.08 Å². The highest BCUT2D eigenvalue weighted by Gasteiger charge is 2.53. The summed E-state index contributed by atoms with van der Waals surface area (Å²) in [6.07, 6.45) is -10.8. The van der Waals surface area contributed by atoms with Crippen LogP contribution in [0, 0.1) is 0 Å². The summed E-state index contributed by atoms with van der Waals surface area (Å²) in [7, 11) is 0. The largest absolute Gasteiger partial charge is 0.478 e. The number of dihydropyridines is 1. The Morgan fingerprint density at radius 3 is 1.96 bits per heavy atom. The second-order valence-corrected chi connectivity index (χ2v) is 4.36. The van der Waals surface area contributed by atoms with E-state index in [0.29, 0.717) is 0 Å². The lowest BCUT2D eigenvalue weighted by molar-refractivity contribution is -0.160. The van der Waals surface area contributed by atoms with Crippen molar-refractivity contribution in [3.8, 4) is 0 Å². The van der Waals surface area contributed by atoms with Crippen LogP contribution >= 0.6 is 0 Å². The van der Waals surface area contributed by atoms with E-state index in [1.165, 1.54) is 0 Å². The maximum absolute atomic E-state index is 12.9. The summed E-state index contributed by atoms with van der Waals surface area (Å²) in [5.41, 5.74) is -6.35. The van der Waals surface area contributed by atoms with Crippen LogP contribution in [0.3, 0.4) is 0 Å². The first kappa shape index (κ1) is 18.6. The Hall–Kier alpha value is -2.46. The standard InChI is InChI=1S/C12H9F6NO4/c1-2-3-4-5(9(20)21)7(11(13,14)15)19-8(12(16,17)18)6(4)10(22)23/h2,7,19H,1,3H2,(H,20,21)(H,22,23). The lowest BCUT2D eigenvalue weighted by atomic mass is 9.87. The van der Waals surface area contributed by atoms with E-state index < -0.39 is 59.2 Å². The van der Waals surface area contributed by atoms with Gasteiger partial charge in [-0.2, -0.15) is 26.3 Å². The Balaban J connectivity index is 3.84. The van der Waals surface area contributed by atoms with E-state index in [0.717, 1.165) is 11.4 Å². The number of hydrogen-bond donors (Lipinski definition) is 3. The van der Waals surface area contributed by atoms with Crippen LogP contribution in [0.25, 0.3) is 0 Å². The van der Waals surface area contributed by atoms with Crippen LogP contribution in [-0.2, 0) is 9.59 Å². The summed E-state index contributed by atoms with van der Waals surface area (Å²) in [6, 6.07) is -3.20. The van der Waals surface area contributed by atoms with Gasteiger partial charge in [0.1, 0.15) is 5.70 Å². The van der Waals surface area contributed by atoms with E-state index in [4.69, 9.17) is 10.2 Å². The van der Waals surface area contributed by atoms with Crippen molar-refractivity contribution >= 4 is 11.9 Å². The molecule has 1 aliphatic heterocycles. The molecule has 3 N–H and O–H groups in total. The van der Waals surface area contributed by atoms with Crippen molar-refractivity contribution in [3.63, 3.8) is 0 Å². The normalized spacial score (nSPS) is 19.5. The molecular formula is C12H9F6NO4. The molecule has 1 unspecified atom stereocenters. The molecule has 11 heteroatoms. The topological polar surface area (TPSA) is 86.6 Å². The lowest BCUT2D eigenvalue weighted by Gasteiger charge is -2.32. The van der Waals surface area contributed by atoms with Crippen molar-refractivity contribution < 1.29 is 46.1 Å². The van der Waals surface area contributed by atoms with Gasteiger partial charge in [-0.3, -0.25) is 0 Å². The Morgan fingerprint density at radius 1 is 1.13 bits per heavy atom. The monoisotopic (exact) mass is 345 g/mol. The molecule has 0 bridgehead atoms. The summed E-state index contributed by atoms with van der Waals surface area (Å²) < 4.78 is 77.5. The van der Waals surface area contributed by atoms with Gasteiger partial charge in [-0.05, 0) is 12.0 Å². The molecule has 0 saturated carbocycles.